The minimum Gasteiger partial charge on any atom is -0.271 e. The Hall–Kier alpha value is -2.62. The van der Waals surface area contributed by atoms with Gasteiger partial charge in [0.05, 0.1) is 18.7 Å². The van der Waals surface area contributed by atoms with E-state index in [0.29, 0.717) is 19.4 Å². The van der Waals surface area contributed by atoms with E-state index in [4.69, 9.17) is 0 Å². The number of nitrogens with zero attached hydrogens (tertiary/aromatic N) is 3. The fourth-order valence-electron chi connectivity index (χ4n) is 4.04. The van der Waals surface area contributed by atoms with Crippen LogP contribution in [0.5, 0.6) is 0 Å². The van der Waals surface area contributed by atoms with Crippen molar-refractivity contribution in [2.45, 2.75) is 30.7 Å². The van der Waals surface area contributed by atoms with Gasteiger partial charge in [-0.1, -0.05) is 67.6 Å². The molecule has 0 radical (unpaired) electrons. The number of likely N-dealkylation sites (tertiary alicyclic amines) is 1. The van der Waals surface area contributed by atoms with E-state index >= 15 is 0 Å². The Labute approximate surface area is 143 Å². The van der Waals surface area contributed by atoms with Crippen LogP contribution in [0.3, 0.4) is 0 Å². The topological polar surface area (TPSA) is 50.8 Å². The number of hydrogen-bond donors (Lipinski definition) is 0. The van der Waals surface area contributed by atoms with Crippen LogP contribution in [0.2, 0.25) is 0 Å². The lowest BCUT2D eigenvalue weighted by atomic mass is 9.70. The molecule has 3 rings (SSSR count). The zero-order valence-electron chi connectivity index (χ0n) is 13.9. The highest BCUT2D eigenvalue weighted by molar-refractivity contribution is 5.44. The van der Waals surface area contributed by atoms with Crippen molar-refractivity contribution in [2.75, 3.05) is 13.1 Å². The molecule has 1 heterocycles. The first-order valence-corrected chi connectivity index (χ1v) is 8.35. The van der Waals surface area contributed by atoms with Crippen molar-refractivity contribution >= 4 is 0 Å². The van der Waals surface area contributed by atoms with E-state index in [1.165, 1.54) is 11.1 Å². The van der Waals surface area contributed by atoms with Crippen molar-refractivity contribution < 1.29 is 0 Å². The minimum atomic E-state index is -0.596. The first-order valence-electron chi connectivity index (χ1n) is 8.35. The highest BCUT2D eigenvalue weighted by atomic mass is 15.2. The smallest absolute Gasteiger partial charge is 0.111 e. The van der Waals surface area contributed by atoms with E-state index in [2.05, 4.69) is 41.3 Å². The molecule has 1 unspecified atom stereocenters. The Morgan fingerprint density at radius 3 is 1.92 bits per heavy atom. The summed E-state index contributed by atoms with van der Waals surface area (Å²) in [4.78, 5) is 2.06. The van der Waals surface area contributed by atoms with Crippen LogP contribution in [0.15, 0.2) is 60.7 Å². The van der Waals surface area contributed by atoms with Gasteiger partial charge < -0.3 is 0 Å². The van der Waals surface area contributed by atoms with Crippen LogP contribution >= 0.6 is 0 Å². The summed E-state index contributed by atoms with van der Waals surface area (Å²) >= 11 is 0. The number of rotatable bonds is 4. The van der Waals surface area contributed by atoms with Gasteiger partial charge in [0.1, 0.15) is 5.54 Å². The van der Waals surface area contributed by atoms with Gasteiger partial charge in [0.15, 0.2) is 0 Å². The van der Waals surface area contributed by atoms with Crippen LogP contribution in [-0.4, -0.2) is 23.5 Å². The Kier molecular flexibility index (Phi) is 4.38. The van der Waals surface area contributed by atoms with Crippen LogP contribution in [0.1, 0.15) is 30.9 Å². The highest BCUT2D eigenvalue weighted by Crippen LogP contribution is 2.49. The molecular weight excluding hydrogens is 294 g/mol. The molecule has 0 aliphatic carbocycles. The van der Waals surface area contributed by atoms with Crippen LogP contribution in [0, 0.1) is 22.7 Å². The molecule has 0 aromatic heterocycles. The van der Waals surface area contributed by atoms with Gasteiger partial charge in [0.2, 0.25) is 0 Å². The van der Waals surface area contributed by atoms with E-state index in [0.717, 1.165) is 0 Å². The van der Waals surface area contributed by atoms with Crippen molar-refractivity contribution in [3.8, 4) is 12.1 Å². The number of benzene rings is 2. The van der Waals surface area contributed by atoms with Crippen LogP contribution in [-0.2, 0) is 5.41 Å². The van der Waals surface area contributed by atoms with Crippen molar-refractivity contribution in [2.24, 2.45) is 0 Å². The average Bonchev–Trinajstić information content (AvgIpc) is 3.00. The Morgan fingerprint density at radius 1 is 0.958 bits per heavy atom. The molecular formula is C21H21N3. The Morgan fingerprint density at radius 2 is 1.50 bits per heavy atom. The molecule has 1 saturated heterocycles. The number of nitriles is 2. The first kappa shape index (κ1) is 16.2. The molecule has 24 heavy (non-hydrogen) atoms. The molecule has 2 aromatic rings. The highest BCUT2D eigenvalue weighted by Gasteiger charge is 2.54. The summed E-state index contributed by atoms with van der Waals surface area (Å²) in [5, 5.41) is 19.2. The zero-order valence-corrected chi connectivity index (χ0v) is 13.9. The van der Waals surface area contributed by atoms with Crippen molar-refractivity contribution in [3.05, 3.63) is 71.8 Å². The molecule has 0 bridgehead atoms. The van der Waals surface area contributed by atoms with Gasteiger partial charge in [0.25, 0.3) is 0 Å². The fraction of sp³-hybridized carbons (Fsp3) is 0.333. The molecule has 0 spiro atoms. The lowest BCUT2D eigenvalue weighted by molar-refractivity contribution is 0.208. The average molecular weight is 315 g/mol. The molecule has 1 aliphatic heterocycles. The molecule has 3 heteroatoms. The van der Waals surface area contributed by atoms with Gasteiger partial charge in [-0.05, 0) is 24.0 Å². The Balaban J connectivity index is 2.18. The SMILES string of the molecule is CCC1(C#N)CC(c2ccccc2)(c2ccccc2)CN1CC#N. The van der Waals surface area contributed by atoms with E-state index in [-0.39, 0.29) is 12.0 Å². The second-order valence-corrected chi connectivity index (χ2v) is 6.50. The summed E-state index contributed by atoms with van der Waals surface area (Å²) in [5.74, 6) is 0. The second kappa shape index (κ2) is 6.48. The summed E-state index contributed by atoms with van der Waals surface area (Å²) in [6, 6.07) is 25.6. The van der Waals surface area contributed by atoms with E-state index in [1.54, 1.807) is 0 Å². The lowest BCUT2D eigenvalue weighted by Gasteiger charge is -2.31. The maximum Gasteiger partial charge on any atom is 0.111 e. The third-order valence-corrected chi connectivity index (χ3v) is 5.37. The molecule has 1 atom stereocenters. The van der Waals surface area contributed by atoms with Crippen LogP contribution < -0.4 is 0 Å². The van der Waals surface area contributed by atoms with E-state index in [1.807, 2.05) is 43.3 Å². The molecule has 1 aliphatic rings. The monoisotopic (exact) mass is 315 g/mol. The molecule has 0 N–H and O–H groups in total. The maximum atomic E-state index is 9.94. The van der Waals surface area contributed by atoms with Gasteiger partial charge in [-0.15, -0.1) is 0 Å². The van der Waals surface area contributed by atoms with E-state index in [9.17, 15) is 10.5 Å². The van der Waals surface area contributed by atoms with Crippen molar-refractivity contribution in [1.82, 2.24) is 4.90 Å². The zero-order chi connectivity index (χ0) is 17.0. The molecule has 120 valence electrons. The van der Waals surface area contributed by atoms with Crippen LogP contribution in [0.4, 0.5) is 0 Å². The predicted octanol–water partition coefficient (Wildman–Crippen LogP) is 3.87. The minimum absolute atomic E-state index is 0.259. The molecule has 2 aromatic carbocycles. The summed E-state index contributed by atoms with van der Waals surface area (Å²) in [5.41, 5.74) is 1.57. The quantitative estimate of drug-likeness (QED) is 0.805. The summed E-state index contributed by atoms with van der Waals surface area (Å²) in [6.07, 6.45) is 1.43. The molecule has 1 fully saturated rings. The fourth-order valence-corrected chi connectivity index (χ4v) is 4.04. The third kappa shape index (κ3) is 2.48. The molecule has 3 nitrogen and oxygen atoms in total. The van der Waals surface area contributed by atoms with Gasteiger partial charge in [0, 0.05) is 12.0 Å². The first-order chi connectivity index (χ1) is 11.7. The van der Waals surface area contributed by atoms with Crippen molar-refractivity contribution in [1.29, 1.82) is 10.5 Å². The summed E-state index contributed by atoms with van der Waals surface area (Å²) in [6.45, 7) is 3.01. The maximum absolute atomic E-state index is 9.94. The third-order valence-electron chi connectivity index (χ3n) is 5.37. The second-order valence-electron chi connectivity index (χ2n) is 6.50. The molecule has 0 amide bonds. The van der Waals surface area contributed by atoms with Crippen molar-refractivity contribution in [3.63, 3.8) is 0 Å². The van der Waals surface area contributed by atoms with Gasteiger partial charge in [-0.2, -0.15) is 10.5 Å². The predicted molar refractivity (Wildman–Crippen MR) is 94.1 cm³/mol. The Bertz CT molecular complexity index is 731. The summed E-state index contributed by atoms with van der Waals surface area (Å²) < 4.78 is 0. The van der Waals surface area contributed by atoms with Gasteiger partial charge >= 0.3 is 0 Å². The summed E-state index contributed by atoms with van der Waals surface area (Å²) in [7, 11) is 0. The van der Waals surface area contributed by atoms with Gasteiger partial charge in [-0.3, -0.25) is 4.90 Å². The number of hydrogen-bond acceptors (Lipinski definition) is 3. The van der Waals surface area contributed by atoms with Gasteiger partial charge in [-0.25, -0.2) is 0 Å². The van der Waals surface area contributed by atoms with Crippen LogP contribution in [0.25, 0.3) is 0 Å². The van der Waals surface area contributed by atoms with E-state index < -0.39 is 5.54 Å². The molecule has 0 saturated carbocycles. The lowest BCUT2D eigenvalue weighted by Crippen LogP contribution is -2.42. The largest absolute Gasteiger partial charge is 0.271 e. The standard InChI is InChI=1S/C21H21N3/c1-2-20(16-23)15-21(17-24(20)14-13-22,18-9-5-3-6-10-18)19-11-7-4-8-12-19/h3-12H,2,14-15,17H2,1H3. The normalized spacial score (nSPS) is 22.6.